The lowest BCUT2D eigenvalue weighted by atomic mass is 9.98. The summed E-state index contributed by atoms with van der Waals surface area (Å²) in [7, 11) is 0. The average molecular weight is 1440 g/mol. The van der Waals surface area contributed by atoms with Crippen LogP contribution in [0.4, 0.5) is 0 Å². The molecular formula is C72H95N15O17. The third kappa shape index (κ3) is 22.6. The van der Waals surface area contributed by atoms with E-state index >= 15 is 28.8 Å². The van der Waals surface area contributed by atoms with E-state index in [9.17, 15) is 49.5 Å². The van der Waals surface area contributed by atoms with Crippen LogP contribution in [0.25, 0.3) is 0 Å². The molecule has 0 saturated carbocycles. The number of phenols is 1. The van der Waals surface area contributed by atoms with Gasteiger partial charge >= 0.3 is 0 Å². The molecule has 8 rings (SSSR count). The second kappa shape index (κ2) is 37.8. The number of nitrogens with one attached hydrogen (secondary N) is 9. The Bertz CT molecular complexity index is 3760. The molecule has 15 atom stereocenters. The fraction of sp³-hybridized carbons (Fsp3) is 0.486. The largest absolute Gasteiger partial charge is 0.508 e. The number of hydrogen-bond donors (Lipinski definition) is 16. The van der Waals surface area contributed by atoms with Gasteiger partial charge in [-0.05, 0) is 84.9 Å². The minimum Gasteiger partial charge on any atom is -0.508 e. The van der Waals surface area contributed by atoms with Crippen LogP contribution in [0.15, 0.2) is 121 Å². The third-order valence-electron chi connectivity index (χ3n) is 18.2. The Morgan fingerprint density at radius 3 is 1.49 bits per heavy atom. The Kier molecular flexibility index (Phi) is 28.9. The fourth-order valence-corrected chi connectivity index (χ4v) is 12.6. The smallest absolute Gasteiger partial charge is 0.246 e. The summed E-state index contributed by atoms with van der Waals surface area (Å²) in [6.45, 7) is 6.54. The SMILES string of the molecule is CC(C)C[C@@H]1NC(=O)[C@H](CCCN)NC(=O)[C@H](C(C)C)NC(=O)[C@H](Cc2ccc(O)cc2)NC(=O)[C@H](Cc2cn(C[C@H]3OC(O)[C@@H](O)[C@@H](O)[C@@H]3O)nn2)NC(=O)[C@H](CC(N)=O)NC(=O)[C@@H](Cc2ccccc2)NC(=O)[C@H](Cc2ccccc2)NC(=O)[C@@H]2CCCN2C(=O)[C@@H](Cc2ccccc2)NC1=O. The topological polar surface area (TPSA) is 492 Å². The summed E-state index contributed by atoms with van der Waals surface area (Å²) >= 11 is 0. The predicted octanol–water partition coefficient (Wildman–Crippen LogP) is -3.02. The molecule has 18 N–H and O–H groups in total. The number of nitrogens with two attached hydrogens (primary N) is 2. The maximum atomic E-state index is 15.2. The zero-order valence-electron chi connectivity index (χ0n) is 58.3. The molecule has 11 amide bonds. The van der Waals surface area contributed by atoms with Crippen molar-refractivity contribution in [3.63, 3.8) is 0 Å². The number of carbonyl (C=O) groups excluding carboxylic acids is 11. The molecule has 0 bridgehead atoms. The van der Waals surface area contributed by atoms with Crippen molar-refractivity contribution in [2.24, 2.45) is 23.3 Å². The summed E-state index contributed by atoms with van der Waals surface area (Å²) in [4.78, 5) is 164. The van der Waals surface area contributed by atoms with Gasteiger partial charge in [0.15, 0.2) is 6.29 Å². The van der Waals surface area contributed by atoms with E-state index in [1.165, 1.54) is 35.4 Å². The maximum absolute atomic E-state index is 15.2. The summed E-state index contributed by atoms with van der Waals surface area (Å²) in [6.07, 6.45) is -9.23. The van der Waals surface area contributed by atoms with Gasteiger partial charge in [0.05, 0.1) is 18.7 Å². The van der Waals surface area contributed by atoms with Gasteiger partial charge in [0.25, 0.3) is 0 Å². The van der Waals surface area contributed by atoms with Crippen molar-refractivity contribution in [2.45, 2.75) is 196 Å². The van der Waals surface area contributed by atoms with Crippen LogP contribution in [-0.4, -0.2) is 215 Å². The second-order valence-corrected chi connectivity index (χ2v) is 27.3. The maximum Gasteiger partial charge on any atom is 0.246 e. The van der Waals surface area contributed by atoms with Crippen molar-refractivity contribution in [1.29, 1.82) is 0 Å². The van der Waals surface area contributed by atoms with E-state index in [2.05, 4.69) is 58.2 Å². The zero-order chi connectivity index (χ0) is 75.3. The molecule has 4 aromatic carbocycles. The monoisotopic (exact) mass is 1440 g/mol. The van der Waals surface area contributed by atoms with E-state index in [0.717, 1.165) is 4.68 Å². The molecule has 3 aliphatic rings. The van der Waals surface area contributed by atoms with Crippen LogP contribution >= 0.6 is 0 Å². The van der Waals surface area contributed by atoms with E-state index in [1.54, 1.807) is 105 Å². The highest BCUT2D eigenvalue weighted by Gasteiger charge is 2.45. The number of aliphatic hydroxyl groups excluding tert-OH is 4. The zero-order valence-corrected chi connectivity index (χ0v) is 58.3. The van der Waals surface area contributed by atoms with E-state index in [4.69, 9.17) is 16.2 Å². The van der Waals surface area contributed by atoms with Crippen LogP contribution in [0.5, 0.6) is 5.75 Å². The van der Waals surface area contributed by atoms with Gasteiger partial charge in [-0.25, -0.2) is 4.68 Å². The molecule has 3 aliphatic heterocycles. The molecule has 1 unspecified atom stereocenters. The van der Waals surface area contributed by atoms with Gasteiger partial charge in [-0.3, -0.25) is 52.7 Å². The molecule has 4 heterocycles. The fourth-order valence-electron chi connectivity index (χ4n) is 12.6. The molecule has 0 aliphatic carbocycles. The number of fused-ring (bicyclic) bond motifs is 1. The van der Waals surface area contributed by atoms with E-state index in [0.29, 0.717) is 28.7 Å². The summed E-state index contributed by atoms with van der Waals surface area (Å²) in [5.41, 5.74) is 13.7. The van der Waals surface area contributed by atoms with Crippen molar-refractivity contribution >= 4 is 65.0 Å². The van der Waals surface area contributed by atoms with Gasteiger partial charge in [0.2, 0.25) is 65.0 Å². The molecule has 0 spiro atoms. The van der Waals surface area contributed by atoms with Gasteiger partial charge in [-0.2, -0.15) is 0 Å². The number of amides is 11. The number of phenolic OH excluding ortho intramolecular Hbond substituents is 1. The number of aliphatic hydroxyl groups is 4. The number of primary amides is 1. The van der Waals surface area contributed by atoms with Crippen molar-refractivity contribution in [1.82, 2.24) is 67.7 Å². The molecule has 5 aromatic rings. The quantitative estimate of drug-likeness (QED) is 0.0369. The van der Waals surface area contributed by atoms with Crippen LogP contribution in [0.2, 0.25) is 0 Å². The van der Waals surface area contributed by atoms with Gasteiger partial charge in [0, 0.05) is 44.8 Å². The van der Waals surface area contributed by atoms with Gasteiger partial charge in [0.1, 0.15) is 90.6 Å². The number of nitrogens with zero attached hydrogens (tertiary/aromatic N) is 4. The average Bonchev–Trinajstić information content (AvgIpc) is 1.55. The number of ether oxygens (including phenoxy) is 1. The third-order valence-corrected chi connectivity index (χ3v) is 18.2. The highest BCUT2D eigenvalue weighted by Crippen LogP contribution is 2.24. The summed E-state index contributed by atoms with van der Waals surface area (Å²) in [6, 6.07) is 16.1. The van der Waals surface area contributed by atoms with Crippen molar-refractivity contribution in [3.8, 4) is 5.75 Å². The lowest BCUT2D eigenvalue weighted by Crippen LogP contribution is -2.62. The normalized spacial score (nSPS) is 27.1. The Morgan fingerprint density at radius 2 is 0.971 bits per heavy atom. The Labute approximate surface area is 600 Å². The molecule has 0 radical (unpaired) electrons. The Hall–Kier alpha value is -10.3. The van der Waals surface area contributed by atoms with Crippen LogP contribution in [-0.2, 0) is 96.1 Å². The van der Waals surface area contributed by atoms with E-state index < -0.39 is 181 Å². The number of aromatic nitrogens is 3. The van der Waals surface area contributed by atoms with E-state index in [-0.39, 0.29) is 81.8 Å². The second-order valence-electron chi connectivity index (χ2n) is 27.3. The molecule has 3 saturated heterocycles. The van der Waals surface area contributed by atoms with Crippen LogP contribution in [0.3, 0.4) is 0 Å². The minimum atomic E-state index is -1.93. The molecule has 3 fully saturated rings. The number of aromatic hydroxyl groups is 1. The Morgan fingerprint density at radius 1 is 0.529 bits per heavy atom. The van der Waals surface area contributed by atoms with Crippen LogP contribution in [0, 0.1) is 11.8 Å². The minimum absolute atomic E-state index is 0.0388. The first kappa shape index (κ1) is 79.5. The number of benzene rings is 4. The van der Waals surface area contributed by atoms with Crippen molar-refractivity contribution in [3.05, 3.63) is 149 Å². The Balaban J connectivity index is 1.22. The van der Waals surface area contributed by atoms with Gasteiger partial charge < -0.3 is 94.5 Å². The van der Waals surface area contributed by atoms with Gasteiger partial charge in [-0.1, -0.05) is 136 Å². The number of rotatable bonds is 20. The first-order chi connectivity index (χ1) is 49.6. The van der Waals surface area contributed by atoms with Gasteiger partial charge in [-0.15, -0.1) is 5.10 Å². The van der Waals surface area contributed by atoms with Crippen molar-refractivity contribution in [2.75, 3.05) is 13.1 Å². The number of hydrogen-bond acceptors (Lipinski definition) is 20. The van der Waals surface area contributed by atoms with Crippen molar-refractivity contribution < 1.29 is 83.0 Å². The highest BCUT2D eigenvalue weighted by molar-refractivity contribution is 6.00. The lowest BCUT2D eigenvalue weighted by Gasteiger charge is -2.38. The number of carbonyl (C=O) groups is 11. The van der Waals surface area contributed by atoms with Crippen LogP contribution < -0.4 is 59.3 Å². The first-order valence-electron chi connectivity index (χ1n) is 34.8. The van der Waals surface area contributed by atoms with E-state index in [1.807, 2.05) is 13.8 Å². The highest BCUT2D eigenvalue weighted by atomic mass is 16.6. The first-order valence-corrected chi connectivity index (χ1v) is 34.8. The summed E-state index contributed by atoms with van der Waals surface area (Å²) in [5, 5.41) is 84.4. The molecule has 32 nitrogen and oxygen atoms in total. The molecule has 104 heavy (non-hydrogen) atoms. The lowest BCUT2D eigenvalue weighted by molar-refractivity contribution is -0.284. The molecular weight excluding hydrogens is 1350 g/mol. The standard InChI is InChI=1S/C72H95N15O17/c1-39(2)30-48-63(94)82-54(34-43-20-12-7-13-21-43)71(102)87-29-15-23-55(87)69(100)81-50(32-42-18-10-6-11-19-42)65(96)77-49(31-41-16-8-5-9-17-41)64(95)80-53(36-57(74)89)67(98)79-52(35-45-37-86(85-84-45)38-56-59(90)60(91)61(92)72(103)104-56)66(97)78-51(33-44-24-26-46(88)27-25-44)68(99)83-58(40(3)4)70(101)75-47(22-14-28-73)62(93)76-48/h5-13,16-21,24-27,37,39-40,47-56,58-61,72,88,90-92,103H,14-15,22-23,28-36,38,73H2,1-4H3,(H2,74,89)(H,75,101)(H,76,93)(H,77,96)(H,78,97)(H,79,98)(H,80,95)(H,81,100)(H,82,94)(H,83,99)/t47-,48-,49+,50-,51-,52-,53-,54+,55-,56+,58-,59+,60-,61-,72?/m0/s1. The molecule has 32 heteroatoms. The molecule has 560 valence electrons. The summed E-state index contributed by atoms with van der Waals surface area (Å²) < 4.78 is 6.43. The predicted molar refractivity (Wildman–Crippen MR) is 373 cm³/mol. The van der Waals surface area contributed by atoms with Crippen LogP contribution in [0.1, 0.15) is 94.2 Å². The summed E-state index contributed by atoms with van der Waals surface area (Å²) in [5.74, 6) is -11.4. The molecule has 1 aromatic heterocycles.